The molecule has 1 aromatic rings. The highest BCUT2D eigenvalue weighted by Crippen LogP contribution is 2.76. The fourth-order valence-electron chi connectivity index (χ4n) is 15.9. The Bertz CT molecular complexity index is 2090. The standard InChI is InChI=1S/C55H84O16/c1-28-37(57)39(59)41(61)46(66-28)70-44-33(26-56)68-48(45(43(44)63)71-47-42(62)40(60)38(58)29(2)67-47)69-36-18-19-52(7)34(51(36,5)6)17-20-54(9)35(52)16-15-31-32-25-50(3,4)21-23-55(32,24-22-53(31,54)8)49(64)65-27-30-13-11-10-12-14-30/h10-15,28-29,32-48,56-63H,16-27H2,1-9H3/t28-,29-,32-,33+,34-,35+,36-,37-,38-,39+,40+,41+,42+,43-,44+,45+,46-,47-,48-,52-,53+,54+,55-/m0/s1. The predicted octanol–water partition coefficient (Wildman–Crippen LogP) is 4.42. The summed E-state index contributed by atoms with van der Waals surface area (Å²) in [5.74, 6) is 0.586. The lowest BCUT2D eigenvalue weighted by molar-refractivity contribution is -0.393. The van der Waals surface area contributed by atoms with Crippen LogP contribution in [-0.4, -0.2) is 152 Å². The van der Waals surface area contributed by atoms with Crippen molar-refractivity contribution in [3.63, 3.8) is 0 Å². The molecule has 8 aliphatic rings. The Morgan fingerprint density at radius 3 is 1.87 bits per heavy atom. The molecule has 1 aromatic carbocycles. The van der Waals surface area contributed by atoms with Crippen LogP contribution in [0.1, 0.15) is 132 Å². The van der Waals surface area contributed by atoms with Gasteiger partial charge in [-0.1, -0.05) is 90.4 Å². The molecule has 3 heterocycles. The van der Waals surface area contributed by atoms with E-state index >= 15 is 0 Å². The van der Waals surface area contributed by atoms with Crippen LogP contribution in [0.2, 0.25) is 0 Å². The number of carbonyl (C=O) groups is 1. The molecule has 71 heavy (non-hydrogen) atoms. The molecule has 0 radical (unpaired) electrons. The minimum absolute atomic E-state index is 0.0512. The van der Waals surface area contributed by atoms with Crippen LogP contribution in [0.4, 0.5) is 0 Å². The van der Waals surface area contributed by atoms with E-state index in [1.165, 1.54) is 19.4 Å². The second-order valence-electron chi connectivity index (χ2n) is 25.2. The monoisotopic (exact) mass is 1000 g/mol. The molecule has 3 saturated heterocycles. The first kappa shape index (κ1) is 53.7. The number of carbonyl (C=O) groups excluding carboxylic acids is 1. The van der Waals surface area contributed by atoms with Crippen LogP contribution in [0, 0.1) is 50.2 Å². The molecule has 400 valence electrons. The SMILES string of the molecule is C[C@@H]1O[C@@H](O[C@H]2[C@H](O[C@H]3CC[C@]4(C)[C@H]5CC=C6[C@@H]7CC(C)(C)CC[C@]7(C(=O)OCc7ccccc7)CC[C@@]6(C)[C@]5(C)CC[C@H]4C3(C)C)O[C@H](CO)[C@@H](O[C@@H]3O[C@@H](C)[C@H](O)[C@@H](O)[C@H]3O)[C@@H]2O)[C@H](O)[C@H](O)[C@H]1O. The average Bonchev–Trinajstić information content (AvgIpc) is 3.33. The van der Waals surface area contributed by atoms with Crippen molar-refractivity contribution in [1.29, 1.82) is 0 Å². The fourth-order valence-corrected chi connectivity index (χ4v) is 15.9. The summed E-state index contributed by atoms with van der Waals surface area (Å²) >= 11 is 0. The number of fused-ring (bicyclic) bond motifs is 7. The maximum absolute atomic E-state index is 14.6. The highest BCUT2D eigenvalue weighted by atomic mass is 16.8. The Balaban J connectivity index is 0.973. The van der Waals surface area contributed by atoms with Crippen LogP contribution in [0.25, 0.3) is 0 Å². The maximum atomic E-state index is 14.6. The molecule has 3 aliphatic heterocycles. The average molecular weight is 1000 g/mol. The summed E-state index contributed by atoms with van der Waals surface area (Å²) in [7, 11) is 0. The van der Waals surface area contributed by atoms with Gasteiger partial charge in [0.2, 0.25) is 0 Å². The van der Waals surface area contributed by atoms with E-state index in [2.05, 4.69) is 54.5 Å². The van der Waals surface area contributed by atoms with Crippen molar-refractivity contribution in [2.24, 2.45) is 50.2 Å². The third-order valence-electron chi connectivity index (χ3n) is 20.5. The van der Waals surface area contributed by atoms with Crippen molar-refractivity contribution >= 4 is 5.97 Å². The summed E-state index contributed by atoms with van der Waals surface area (Å²) in [4.78, 5) is 14.6. The first-order chi connectivity index (χ1) is 33.3. The molecule has 0 spiro atoms. The molecule has 16 nitrogen and oxygen atoms in total. The summed E-state index contributed by atoms with van der Waals surface area (Å²) in [6.45, 7) is 19.3. The second kappa shape index (κ2) is 19.5. The molecule has 16 heteroatoms. The number of aliphatic hydroxyl groups excluding tert-OH is 8. The number of ether oxygens (including phenoxy) is 7. The van der Waals surface area contributed by atoms with Gasteiger partial charge in [-0.15, -0.1) is 0 Å². The van der Waals surface area contributed by atoms with Crippen LogP contribution in [0.15, 0.2) is 42.0 Å². The van der Waals surface area contributed by atoms with E-state index in [9.17, 15) is 45.6 Å². The third-order valence-corrected chi connectivity index (χ3v) is 20.5. The first-order valence-corrected chi connectivity index (χ1v) is 26.6. The van der Waals surface area contributed by atoms with Gasteiger partial charge in [0.1, 0.15) is 67.6 Å². The van der Waals surface area contributed by atoms with E-state index in [0.29, 0.717) is 12.3 Å². The van der Waals surface area contributed by atoms with Crippen molar-refractivity contribution < 1.29 is 78.8 Å². The van der Waals surface area contributed by atoms with E-state index in [1.807, 2.05) is 30.3 Å². The molecule has 4 saturated carbocycles. The van der Waals surface area contributed by atoms with Crippen molar-refractivity contribution in [1.82, 2.24) is 0 Å². The minimum atomic E-state index is -1.74. The Morgan fingerprint density at radius 1 is 0.648 bits per heavy atom. The molecule has 0 amide bonds. The molecular weight excluding hydrogens is 917 g/mol. The predicted molar refractivity (Wildman–Crippen MR) is 256 cm³/mol. The number of hydrogen-bond acceptors (Lipinski definition) is 16. The zero-order chi connectivity index (χ0) is 51.4. The topological polar surface area (TPSA) is 244 Å². The molecule has 9 rings (SSSR count). The molecular formula is C55H84O16. The van der Waals surface area contributed by atoms with Gasteiger partial charge in [0, 0.05) is 0 Å². The fraction of sp³-hybridized carbons (Fsp3) is 0.836. The maximum Gasteiger partial charge on any atom is 0.313 e. The summed E-state index contributed by atoms with van der Waals surface area (Å²) < 4.78 is 43.6. The zero-order valence-electron chi connectivity index (χ0n) is 43.3. The summed E-state index contributed by atoms with van der Waals surface area (Å²) in [6.07, 6.45) is -11.0. The molecule has 5 aliphatic carbocycles. The van der Waals surface area contributed by atoms with Gasteiger partial charge in [0.25, 0.3) is 0 Å². The Labute approximate surface area is 419 Å². The Morgan fingerprint density at radius 2 is 1.25 bits per heavy atom. The summed E-state index contributed by atoms with van der Waals surface area (Å²) in [5.41, 5.74) is 1.26. The van der Waals surface area contributed by atoms with Gasteiger partial charge in [0.15, 0.2) is 18.9 Å². The van der Waals surface area contributed by atoms with Crippen molar-refractivity contribution in [2.45, 2.75) is 231 Å². The van der Waals surface area contributed by atoms with Crippen LogP contribution >= 0.6 is 0 Å². The van der Waals surface area contributed by atoms with Crippen LogP contribution in [-0.2, 0) is 44.6 Å². The van der Waals surface area contributed by atoms with Crippen LogP contribution in [0.5, 0.6) is 0 Å². The van der Waals surface area contributed by atoms with Crippen molar-refractivity contribution in [2.75, 3.05) is 6.61 Å². The number of hydrogen-bond donors (Lipinski definition) is 8. The number of benzene rings is 1. The quantitative estimate of drug-likeness (QED) is 0.0919. The molecule has 8 N–H and O–H groups in total. The van der Waals surface area contributed by atoms with Crippen LogP contribution < -0.4 is 0 Å². The number of allylic oxidation sites excluding steroid dienone is 2. The highest BCUT2D eigenvalue weighted by Gasteiger charge is 2.70. The lowest BCUT2D eigenvalue weighted by atomic mass is 9.33. The molecule has 7 fully saturated rings. The van der Waals surface area contributed by atoms with E-state index < -0.39 is 116 Å². The lowest BCUT2D eigenvalue weighted by Crippen LogP contribution is -2.68. The molecule has 0 aromatic heterocycles. The lowest BCUT2D eigenvalue weighted by Gasteiger charge is -2.71. The largest absolute Gasteiger partial charge is 0.460 e. The summed E-state index contributed by atoms with van der Waals surface area (Å²) in [5, 5.41) is 87.1. The van der Waals surface area contributed by atoms with Gasteiger partial charge in [-0.25, -0.2) is 0 Å². The molecule has 0 bridgehead atoms. The summed E-state index contributed by atoms with van der Waals surface area (Å²) in [6, 6.07) is 9.95. The van der Waals surface area contributed by atoms with Gasteiger partial charge < -0.3 is 74.0 Å². The number of rotatable bonds is 10. The third kappa shape index (κ3) is 8.90. The Hall–Kier alpha value is -2.13. The van der Waals surface area contributed by atoms with Gasteiger partial charge in [-0.3, -0.25) is 4.79 Å². The molecule has 23 atom stereocenters. The van der Waals surface area contributed by atoms with Gasteiger partial charge in [-0.05, 0) is 128 Å². The van der Waals surface area contributed by atoms with E-state index in [4.69, 9.17) is 33.2 Å². The van der Waals surface area contributed by atoms with Crippen molar-refractivity contribution in [3.8, 4) is 0 Å². The first-order valence-electron chi connectivity index (χ1n) is 26.6. The van der Waals surface area contributed by atoms with Crippen LogP contribution in [0.3, 0.4) is 0 Å². The highest BCUT2D eigenvalue weighted by molar-refractivity contribution is 5.79. The van der Waals surface area contributed by atoms with E-state index in [0.717, 1.165) is 63.4 Å². The van der Waals surface area contributed by atoms with Gasteiger partial charge in [-0.2, -0.15) is 0 Å². The van der Waals surface area contributed by atoms with Gasteiger partial charge >= 0.3 is 5.97 Å². The van der Waals surface area contributed by atoms with E-state index in [-0.39, 0.29) is 46.1 Å². The minimum Gasteiger partial charge on any atom is -0.460 e. The zero-order valence-corrected chi connectivity index (χ0v) is 43.3. The number of esters is 1. The smallest absolute Gasteiger partial charge is 0.313 e. The normalized spacial score (nSPS) is 50.3. The molecule has 0 unspecified atom stereocenters. The second-order valence-corrected chi connectivity index (χ2v) is 25.2. The van der Waals surface area contributed by atoms with E-state index in [1.54, 1.807) is 0 Å². The van der Waals surface area contributed by atoms with Gasteiger partial charge in [0.05, 0.1) is 30.3 Å². The van der Waals surface area contributed by atoms with Crippen molar-refractivity contribution in [3.05, 3.63) is 47.5 Å². The number of aliphatic hydroxyl groups is 8. The Kier molecular flexibility index (Phi) is 14.7.